The van der Waals surface area contributed by atoms with Crippen molar-refractivity contribution in [1.82, 2.24) is 0 Å². The minimum Gasteiger partial charge on any atom is -0.506 e. The lowest BCUT2D eigenvalue weighted by atomic mass is 9.70. The smallest absolute Gasteiger partial charge is 0.180 e. The number of aliphatic hydroxyl groups excluding tert-OH is 1. The Hall–Kier alpha value is -2.36. The van der Waals surface area contributed by atoms with Gasteiger partial charge in [-0.25, -0.2) is 0 Å². The molecule has 1 aliphatic rings. The summed E-state index contributed by atoms with van der Waals surface area (Å²) in [6.45, 7) is 8.61. The van der Waals surface area contributed by atoms with Crippen LogP contribution >= 0.6 is 23.2 Å². The second-order valence-electron chi connectivity index (χ2n) is 7.14. The summed E-state index contributed by atoms with van der Waals surface area (Å²) in [6, 6.07) is 10.8. The number of carbonyl (C=O) groups excluding carboxylic acids is 2. The zero-order chi connectivity index (χ0) is 20.1. The minimum absolute atomic E-state index is 0.0473. The van der Waals surface area contributed by atoms with Gasteiger partial charge >= 0.3 is 0 Å². The predicted molar refractivity (Wildman–Crippen MR) is 109 cm³/mol. The molecule has 138 valence electrons. The Morgan fingerprint density at radius 1 is 0.926 bits per heavy atom. The van der Waals surface area contributed by atoms with E-state index < -0.39 is 17.0 Å². The number of aryl methyl sites for hydroxylation is 1. The van der Waals surface area contributed by atoms with Gasteiger partial charge in [0.25, 0.3) is 0 Å². The van der Waals surface area contributed by atoms with Gasteiger partial charge in [0.1, 0.15) is 5.76 Å². The quantitative estimate of drug-likeness (QED) is 0.498. The van der Waals surface area contributed by atoms with Crippen molar-refractivity contribution in [3.8, 4) is 11.1 Å². The molecular formula is C22H18Cl2O3. The number of ketones is 2. The van der Waals surface area contributed by atoms with Crippen LogP contribution in [-0.2, 0) is 9.59 Å². The van der Waals surface area contributed by atoms with Crippen LogP contribution in [0.3, 0.4) is 0 Å². The van der Waals surface area contributed by atoms with E-state index in [2.05, 4.69) is 6.58 Å². The van der Waals surface area contributed by atoms with E-state index in [0.29, 0.717) is 15.6 Å². The molecule has 5 heteroatoms. The molecular weight excluding hydrogens is 383 g/mol. The van der Waals surface area contributed by atoms with Crippen molar-refractivity contribution in [2.45, 2.75) is 20.8 Å². The molecule has 0 saturated heterocycles. The third-order valence-corrected chi connectivity index (χ3v) is 5.66. The van der Waals surface area contributed by atoms with Crippen LogP contribution in [-0.4, -0.2) is 16.7 Å². The molecule has 3 rings (SSSR count). The third-order valence-electron chi connectivity index (χ3n) is 4.92. The maximum absolute atomic E-state index is 13.0. The first-order valence-electron chi connectivity index (χ1n) is 8.34. The first-order chi connectivity index (χ1) is 12.6. The summed E-state index contributed by atoms with van der Waals surface area (Å²) >= 11 is 12.1. The van der Waals surface area contributed by atoms with Gasteiger partial charge in [-0.2, -0.15) is 0 Å². The topological polar surface area (TPSA) is 54.4 Å². The van der Waals surface area contributed by atoms with Crippen molar-refractivity contribution in [3.63, 3.8) is 0 Å². The second-order valence-corrected chi connectivity index (χ2v) is 7.96. The molecule has 27 heavy (non-hydrogen) atoms. The van der Waals surface area contributed by atoms with Crippen molar-refractivity contribution in [1.29, 1.82) is 0 Å². The van der Waals surface area contributed by atoms with Gasteiger partial charge in [0.05, 0.1) is 26.6 Å². The van der Waals surface area contributed by atoms with Crippen molar-refractivity contribution < 1.29 is 14.7 Å². The summed E-state index contributed by atoms with van der Waals surface area (Å²) in [7, 11) is 0. The molecule has 1 N–H and O–H groups in total. The zero-order valence-electron chi connectivity index (χ0n) is 15.2. The van der Waals surface area contributed by atoms with Crippen LogP contribution in [0.5, 0.6) is 0 Å². The fourth-order valence-electron chi connectivity index (χ4n) is 3.16. The van der Waals surface area contributed by atoms with Gasteiger partial charge in [0, 0.05) is 0 Å². The number of allylic oxidation sites excluding steroid dienone is 2. The van der Waals surface area contributed by atoms with Crippen LogP contribution in [0.4, 0.5) is 0 Å². The van der Waals surface area contributed by atoms with Crippen LogP contribution < -0.4 is 0 Å². The molecule has 0 aromatic heterocycles. The monoisotopic (exact) mass is 400 g/mol. The number of hydrogen-bond acceptors (Lipinski definition) is 3. The largest absolute Gasteiger partial charge is 0.506 e. The molecule has 0 amide bonds. The molecule has 1 aliphatic carbocycles. The van der Waals surface area contributed by atoms with Crippen LogP contribution in [0.25, 0.3) is 16.7 Å². The van der Waals surface area contributed by atoms with E-state index in [9.17, 15) is 14.7 Å². The second kappa shape index (κ2) is 6.66. The highest BCUT2D eigenvalue weighted by Gasteiger charge is 2.46. The molecule has 0 atom stereocenters. The summed E-state index contributed by atoms with van der Waals surface area (Å²) in [5, 5.41) is 11.4. The van der Waals surface area contributed by atoms with Crippen LogP contribution in [0.1, 0.15) is 25.0 Å². The molecule has 2 aromatic rings. The molecule has 0 unspecified atom stereocenters. The van der Waals surface area contributed by atoms with Gasteiger partial charge in [-0.15, -0.1) is 0 Å². The van der Waals surface area contributed by atoms with Gasteiger partial charge < -0.3 is 5.11 Å². The average Bonchev–Trinajstić information content (AvgIpc) is 2.63. The molecule has 0 spiro atoms. The first-order valence-corrected chi connectivity index (χ1v) is 9.10. The lowest BCUT2D eigenvalue weighted by Crippen LogP contribution is -2.39. The van der Waals surface area contributed by atoms with Gasteiger partial charge in [-0.05, 0) is 61.2 Å². The SMILES string of the molecule is C=C1C(=O)C(C)(C)C(=O)C(c2cc(-c3ccc(Cl)c(Cl)c3)ccc2C)=C1O. The van der Waals surface area contributed by atoms with Gasteiger partial charge in [-0.3, -0.25) is 9.59 Å². The highest BCUT2D eigenvalue weighted by atomic mass is 35.5. The number of Topliss-reactive ketones (excluding diaryl/α,β-unsaturated/α-hetero) is 2. The maximum Gasteiger partial charge on any atom is 0.180 e. The van der Waals surface area contributed by atoms with Crippen LogP contribution in [0.15, 0.2) is 54.3 Å². The van der Waals surface area contributed by atoms with E-state index in [1.165, 1.54) is 0 Å². The highest BCUT2D eigenvalue weighted by molar-refractivity contribution is 6.42. The van der Waals surface area contributed by atoms with Crippen LogP contribution in [0.2, 0.25) is 10.0 Å². The number of hydrogen-bond donors (Lipinski definition) is 1. The Kier molecular flexibility index (Phi) is 4.79. The van der Waals surface area contributed by atoms with Gasteiger partial charge in [0.2, 0.25) is 0 Å². The Morgan fingerprint density at radius 2 is 1.52 bits per heavy atom. The average molecular weight is 401 g/mol. The van der Waals surface area contributed by atoms with Crippen molar-refractivity contribution in [2.75, 3.05) is 0 Å². The van der Waals surface area contributed by atoms with E-state index in [1.54, 1.807) is 32.0 Å². The lowest BCUT2D eigenvalue weighted by molar-refractivity contribution is -0.133. The molecule has 3 nitrogen and oxygen atoms in total. The normalized spacial score (nSPS) is 16.9. The minimum atomic E-state index is -1.27. The molecule has 0 aliphatic heterocycles. The summed E-state index contributed by atoms with van der Waals surface area (Å²) in [4.78, 5) is 25.3. The van der Waals surface area contributed by atoms with Crippen molar-refractivity contribution >= 4 is 40.3 Å². The zero-order valence-corrected chi connectivity index (χ0v) is 16.7. The van der Waals surface area contributed by atoms with E-state index in [0.717, 1.165) is 16.7 Å². The molecule has 0 radical (unpaired) electrons. The maximum atomic E-state index is 13.0. The lowest BCUT2D eigenvalue weighted by Gasteiger charge is -2.30. The molecule has 0 heterocycles. The fraction of sp³-hybridized carbons (Fsp3) is 0.182. The van der Waals surface area contributed by atoms with E-state index >= 15 is 0 Å². The summed E-state index contributed by atoms with van der Waals surface area (Å²) in [6.07, 6.45) is 0. The highest BCUT2D eigenvalue weighted by Crippen LogP contribution is 2.41. The first kappa shape index (κ1) is 19.4. The number of benzene rings is 2. The Bertz CT molecular complexity index is 1050. The number of rotatable bonds is 2. The Morgan fingerprint density at radius 3 is 2.15 bits per heavy atom. The Balaban J connectivity index is 2.22. The number of halogens is 2. The summed E-state index contributed by atoms with van der Waals surface area (Å²) in [5.74, 6) is -1.25. The molecule has 0 saturated carbocycles. The van der Waals surface area contributed by atoms with E-state index in [1.807, 2.05) is 25.1 Å². The van der Waals surface area contributed by atoms with Gasteiger partial charge in [0.15, 0.2) is 11.6 Å². The summed E-state index contributed by atoms with van der Waals surface area (Å²) in [5.41, 5.74) is 1.78. The third kappa shape index (κ3) is 3.11. The Labute approximate surface area is 167 Å². The fourth-order valence-corrected chi connectivity index (χ4v) is 3.45. The molecule has 2 aromatic carbocycles. The predicted octanol–water partition coefficient (Wildman–Crippen LogP) is 5.97. The van der Waals surface area contributed by atoms with E-state index in [4.69, 9.17) is 23.2 Å². The van der Waals surface area contributed by atoms with Crippen LogP contribution in [0, 0.1) is 12.3 Å². The van der Waals surface area contributed by atoms with E-state index in [-0.39, 0.29) is 16.9 Å². The van der Waals surface area contributed by atoms with Gasteiger partial charge in [-0.1, -0.05) is 48.0 Å². The number of carbonyl (C=O) groups is 2. The summed E-state index contributed by atoms with van der Waals surface area (Å²) < 4.78 is 0. The van der Waals surface area contributed by atoms with Crippen molar-refractivity contribution in [2.24, 2.45) is 5.41 Å². The molecule has 0 bridgehead atoms. The number of aliphatic hydroxyl groups is 1. The van der Waals surface area contributed by atoms with Crippen molar-refractivity contribution in [3.05, 3.63) is 75.5 Å². The molecule has 0 fully saturated rings. The standard InChI is InChI=1S/C22H18Cl2O3/c1-11-5-6-13(14-7-8-16(23)17(24)10-14)9-15(11)18-19(25)12(2)20(26)22(3,4)21(18)27/h5-10,25H,2H2,1,3-4H3.